The molecule has 0 aliphatic carbocycles. The third-order valence-corrected chi connectivity index (χ3v) is 1.91. The van der Waals surface area contributed by atoms with Crippen molar-refractivity contribution in [3.63, 3.8) is 0 Å². The highest BCUT2D eigenvalue weighted by atomic mass is 19.3. The molecule has 18 heavy (non-hydrogen) atoms. The number of carbonyl (C=O) groups is 2. The number of carboxylic acids is 2. The summed E-state index contributed by atoms with van der Waals surface area (Å²) in [5.41, 5.74) is -0.629. The lowest BCUT2D eigenvalue weighted by Crippen LogP contribution is -2.16. The molecule has 0 spiro atoms. The molecule has 7 heteroatoms. The van der Waals surface area contributed by atoms with E-state index in [2.05, 4.69) is 6.58 Å². The van der Waals surface area contributed by atoms with Crippen molar-refractivity contribution in [1.82, 2.24) is 0 Å². The first-order valence-corrected chi connectivity index (χ1v) is 4.74. The van der Waals surface area contributed by atoms with Gasteiger partial charge in [0.15, 0.2) is 6.17 Å². The Labute approximate surface area is 102 Å². The van der Waals surface area contributed by atoms with Gasteiger partial charge in [0.2, 0.25) is 0 Å². The van der Waals surface area contributed by atoms with E-state index in [1.54, 1.807) is 0 Å². The van der Waals surface area contributed by atoms with E-state index in [9.17, 15) is 22.8 Å². The molecule has 0 aliphatic rings. The van der Waals surface area contributed by atoms with Crippen molar-refractivity contribution in [2.45, 2.75) is 33.4 Å². The third-order valence-electron chi connectivity index (χ3n) is 1.91. The molecule has 0 aromatic rings. The molecular weight excluding hydrogens is 253 g/mol. The van der Waals surface area contributed by atoms with E-state index in [4.69, 9.17) is 10.2 Å². The average Bonchev–Trinajstić information content (AvgIpc) is 2.26. The van der Waals surface area contributed by atoms with Gasteiger partial charge in [-0.05, 0) is 26.3 Å². The van der Waals surface area contributed by atoms with E-state index in [1.807, 2.05) is 0 Å². The Morgan fingerprint density at radius 1 is 1.00 bits per heavy atom. The fourth-order valence-electron chi connectivity index (χ4n) is 0.564. The molecule has 0 radical (unpaired) electrons. The Hall–Kier alpha value is -1.79. The first kappa shape index (κ1) is 18.6. The first-order chi connectivity index (χ1) is 8.02. The van der Waals surface area contributed by atoms with E-state index in [-0.39, 0.29) is 11.1 Å². The minimum atomic E-state index is -3.17. The summed E-state index contributed by atoms with van der Waals surface area (Å²) < 4.78 is 35.9. The summed E-state index contributed by atoms with van der Waals surface area (Å²) in [6, 6.07) is 0. The van der Waals surface area contributed by atoms with Crippen molar-refractivity contribution in [2.24, 2.45) is 0 Å². The quantitative estimate of drug-likeness (QED) is 0.769. The van der Waals surface area contributed by atoms with Gasteiger partial charge >= 0.3 is 11.9 Å². The van der Waals surface area contributed by atoms with Crippen LogP contribution < -0.4 is 0 Å². The van der Waals surface area contributed by atoms with Crippen LogP contribution in [0.2, 0.25) is 0 Å². The standard InChI is InChI=1S/C7H9F3O2.C4H6O2/c1-3(4(2)7(11)12)5(8)6(9)10;1-3(2)4(5)6/h5-6H,1-2H3,(H,11,12);1H2,2H3,(H,5,6). The molecule has 0 aromatic heterocycles. The molecule has 4 nitrogen and oxygen atoms in total. The van der Waals surface area contributed by atoms with Crippen LogP contribution in [0.1, 0.15) is 20.8 Å². The monoisotopic (exact) mass is 268 g/mol. The Balaban J connectivity index is 0. The zero-order valence-electron chi connectivity index (χ0n) is 10.2. The Bertz CT molecular complexity index is 349. The van der Waals surface area contributed by atoms with Crippen LogP contribution >= 0.6 is 0 Å². The number of allylic oxidation sites excluding steroid dienone is 1. The van der Waals surface area contributed by atoms with Gasteiger partial charge in [0.1, 0.15) is 0 Å². The minimum absolute atomic E-state index is 0.176. The predicted octanol–water partition coefficient (Wildman–Crippen LogP) is 2.66. The smallest absolute Gasteiger partial charge is 0.331 e. The van der Waals surface area contributed by atoms with Gasteiger partial charge in [-0.15, -0.1) is 0 Å². The highest BCUT2D eigenvalue weighted by molar-refractivity contribution is 5.86. The molecule has 1 unspecified atom stereocenters. The van der Waals surface area contributed by atoms with Crippen molar-refractivity contribution in [3.8, 4) is 0 Å². The van der Waals surface area contributed by atoms with Gasteiger partial charge in [0.25, 0.3) is 6.43 Å². The first-order valence-electron chi connectivity index (χ1n) is 4.74. The normalized spacial score (nSPS) is 13.1. The van der Waals surface area contributed by atoms with E-state index in [0.717, 1.165) is 13.8 Å². The summed E-state index contributed by atoms with van der Waals surface area (Å²) in [6.07, 6.45) is -5.65. The molecule has 0 fully saturated rings. The van der Waals surface area contributed by atoms with Gasteiger partial charge in [-0.2, -0.15) is 0 Å². The van der Waals surface area contributed by atoms with Crippen molar-refractivity contribution in [2.75, 3.05) is 0 Å². The maximum Gasteiger partial charge on any atom is 0.331 e. The maximum absolute atomic E-state index is 12.5. The molecule has 0 heterocycles. The number of halogens is 3. The zero-order chi connectivity index (χ0) is 15.0. The third kappa shape index (κ3) is 7.48. The van der Waals surface area contributed by atoms with E-state index in [1.165, 1.54) is 6.92 Å². The van der Waals surface area contributed by atoms with E-state index < -0.39 is 30.1 Å². The molecule has 104 valence electrons. The highest BCUT2D eigenvalue weighted by Crippen LogP contribution is 2.18. The molecule has 0 aromatic carbocycles. The molecule has 0 saturated carbocycles. The van der Waals surface area contributed by atoms with Crippen LogP contribution in [0.5, 0.6) is 0 Å². The predicted molar refractivity (Wildman–Crippen MR) is 59.4 cm³/mol. The Kier molecular flexibility index (Phi) is 8.59. The average molecular weight is 268 g/mol. The van der Waals surface area contributed by atoms with E-state index in [0.29, 0.717) is 0 Å². The minimum Gasteiger partial charge on any atom is -0.478 e. The topological polar surface area (TPSA) is 74.6 Å². The lowest BCUT2D eigenvalue weighted by Gasteiger charge is -2.08. The number of rotatable bonds is 4. The lowest BCUT2D eigenvalue weighted by molar-refractivity contribution is -0.133. The van der Waals surface area contributed by atoms with Gasteiger partial charge in [0, 0.05) is 11.1 Å². The number of carboxylic acid groups (broad SMARTS) is 2. The fraction of sp³-hybridized carbons (Fsp3) is 0.455. The van der Waals surface area contributed by atoms with Gasteiger partial charge in [-0.25, -0.2) is 22.8 Å². The number of aliphatic carboxylic acids is 2. The van der Waals surface area contributed by atoms with Gasteiger partial charge in [0.05, 0.1) is 0 Å². The van der Waals surface area contributed by atoms with Gasteiger partial charge in [-0.1, -0.05) is 6.58 Å². The Morgan fingerprint density at radius 2 is 1.33 bits per heavy atom. The summed E-state index contributed by atoms with van der Waals surface area (Å²) in [7, 11) is 0. The number of hydrogen-bond donors (Lipinski definition) is 2. The number of hydrogen-bond acceptors (Lipinski definition) is 2. The molecule has 0 bridgehead atoms. The maximum atomic E-state index is 12.5. The second kappa shape index (κ2) is 8.32. The van der Waals surface area contributed by atoms with Crippen LogP contribution in [-0.2, 0) is 9.59 Å². The van der Waals surface area contributed by atoms with Crippen LogP contribution in [0.4, 0.5) is 13.2 Å². The van der Waals surface area contributed by atoms with Crippen LogP contribution in [0.15, 0.2) is 23.3 Å². The second-order valence-corrected chi connectivity index (χ2v) is 3.43. The number of alkyl halides is 3. The molecular formula is C11H15F3O4. The van der Waals surface area contributed by atoms with Crippen LogP contribution in [0.3, 0.4) is 0 Å². The molecule has 1 atom stereocenters. The molecule has 0 rings (SSSR count). The summed E-state index contributed by atoms with van der Waals surface area (Å²) in [5, 5.41) is 16.2. The van der Waals surface area contributed by atoms with Crippen molar-refractivity contribution >= 4 is 11.9 Å². The van der Waals surface area contributed by atoms with Crippen LogP contribution in [0, 0.1) is 0 Å². The van der Waals surface area contributed by atoms with Crippen LogP contribution in [0.25, 0.3) is 0 Å². The largest absolute Gasteiger partial charge is 0.478 e. The zero-order valence-corrected chi connectivity index (χ0v) is 10.2. The SMILES string of the molecule is C=C(C)C(=O)O.CC(C(=O)O)=C(C)C(F)C(F)F. The second-order valence-electron chi connectivity index (χ2n) is 3.43. The van der Waals surface area contributed by atoms with Crippen molar-refractivity contribution < 1.29 is 33.0 Å². The summed E-state index contributed by atoms with van der Waals surface area (Å²) in [4.78, 5) is 19.8. The Morgan fingerprint density at radius 3 is 1.50 bits per heavy atom. The molecule has 2 N–H and O–H groups in total. The van der Waals surface area contributed by atoms with E-state index >= 15 is 0 Å². The molecule has 0 amide bonds. The van der Waals surface area contributed by atoms with Crippen molar-refractivity contribution in [3.05, 3.63) is 23.3 Å². The lowest BCUT2D eigenvalue weighted by atomic mass is 10.1. The van der Waals surface area contributed by atoms with Gasteiger partial charge in [-0.3, -0.25) is 0 Å². The summed E-state index contributed by atoms with van der Waals surface area (Å²) in [5.74, 6) is -2.31. The van der Waals surface area contributed by atoms with Gasteiger partial charge < -0.3 is 10.2 Å². The fourth-order valence-corrected chi connectivity index (χ4v) is 0.564. The summed E-state index contributed by atoms with van der Waals surface area (Å²) >= 11 is 0. The van der Waals surface area contributed by atoms with Crippen molar-refractivity contribution in [1.29, 1.82) is 0 Å². The summed E-state index contributed by atoms with van der Waals surface area (Å²) in [6.45, 7) is 6.73. The highest BCUT2D eigenvalue weighted by Gasteiger charge is 2.24. The molecule has 0 aliphatic heterocycles. The van der Waals surface area contributed by atoms with Crippen LogP contribution in [-0.4, -0.2) is 34.7 Å². The molecule has 0 saturated heterocycles.